The van der Waals surface area contributed by atoms with Crippen LogP contribution in [0.2, 0.25) is 0 Å². The predicted molar refractivity (Wildman–Crippen MR) is 172 cm³/mol. The lowest BCUT2D eigenvalue weighted by Gasteiger charge is -2.02. The number of carboxylic acid groups (broad SMARTS) is 1. The second-order valence-corrected chi connectivity index (χ2v) is 11.4. The first-order chi connectivity index (χ1) is 18.7. The van der Waals surface area contributed by atoms with Gasteiger partial charge in [0.25, 0.3) is 0 Å². The van der Waals surface area contributed by atoms with Gasteiger partial charge in [0.05, 0.1) is 0 Å². The molecule has 0 unspecified atom stereocenters. The largest absolute Gasteiger partial charge is 0.481 e. The zero-order valence-electron chi connectivity index (χ0n) is 26.3. The van der Waals surface area contributed by atoms with Crippen molar-refractivity contribution in [3.8, 4) is 0 Å². The number of hydrogen-bond donors (Lipinski definition) is 1. The number of rotatable bonds is 30. The minimum absolute atomic E-state index is 0.332. The lowest BCUT2D eigenvalue weighted by Crippen LogP contribution is -1.93. The van der Waals surface area contributed by atoms with E-state index >= 15 is 0 Å². The number of hydrogen-bond acceptors (Lipinski definition) is 1. The van der Waals surface area contributed by atoms with Crippen LogP contribution in [0.25, 0.3) is 0 Å². The molecule has 0 fully saturated rings. The van der Waals surface area contributed by atoms with E-state index in [4.69, 9.17) is 5.11 Å². The van der Waals surface area contributed by atoms with Gasteiger partial charge in [0, 0.05) is 6.42 Å². The Hall–Kier alpha value is -1.05. The molecule has 0 aliphatic carbocycles. The minimum Gasteiger partial charge on any atom is -0.481 e. The molecule has 0 aromatic carbocycles. The molecule has 1 N–H and O–H groups in total. The highest BCUT2D eigenvalue weighted by Crippen LogP contribution is 2.13. The van der Waals surface area contributed by atoms with Gasteiger partial charge in [0.1, 0.15) is 0 Å². The maximum Gasteiger partial charge on any atom is 0.303 e. The number of carbonyl (C=O) groups is 1. The lowest BCUT2D eigenvalue weighted by molar-refractivity contribution is -0.137. The Labute approximate surface area is 240 Å². The van der Waals surface area contributed by atoms with Crippen LogP contribution in [-0.4, -0.2) is 11.1 Å². The van der Waals surface area contributed by atoms with Gasteiger partial charge in [-0.3, -0.25) is 4.79 Å². The molecule has 0 amide bonds. The summed E-state index contributed by atoms with van der Waals surface area (Å²) in [6.07, 6.45) is 44.7. The highest BCUT2D eigenvalue weighted by Gasteiger charge is 1.96. The summed E-state index contributed by atoms with van der Waals surface area (Å²) in [4.78, 5) is 10.3. The summed E-state index contributed by atoms with van der Waals surface area (Å²) < 4.78 is 0. The molecule has 0 saturated heterocycles. The predicted octanol–water partition coefficient (Wildman–Crippen LogP) is 13.2. The summed E-state index contributed by atoms with van der Waals surface area (Å²) >= 11 is 0. The Balaban J connectivity index is 0. The molecule has 0 radical (unpaired) electrons. The first kappa shape index (κ1) is 39.1. The van der Waals surface area contributed by atoms with Gasteiger partial charge in [-0.2, -0.15) is 0 Å². The lowest BCUT2D eigenvalue weighted by atomic mass is 10.0. The highest BCUT2D eigenvalue weighted by atomic mass is 16.4. The quantitative estimate of drug-likeness (QED) is 0.0734. The average molecular weight is 535 g/mol. The monoisotopic (exact) mass is 535 g/mol. The van der Waals surface area contributed by atoms with Gasteiger partial charge < -0.3 is 5.11 Å². The van der Waals surface area contributed by atoms with Gasteiger partial charge in [-0.25, -0.2) is 0 Å². The maximum atomic E-state index is 10.3. The van der Waals surface area contributed by atoms with Crippen LogP contribution in [0, 0.1) is 0 Å². The Morgan fingerprint density at radius 2 is 0.763 bits per heavy atom. The third-order valence-corrected chi connectivity index (χ3v) is 7.41. The van der Waals surface area contributed by atoms with Crippen molar-refractivity contribution >= 4 is 5.97 Å². The standard InChI is InChI=1S/C18H34O2.C18H36/c1-2-3-4-5-6-7-8-9-10-11-12-13-14-15-16-17-18(19)20;1-3-5-7-9-11-13-15-17-18-16-14-12-10-8-6-4-2/h9-10H,2-8,11-17H2,1H3,(H,19,20);3H,1,4-18H2,2H3/b10-9-;. The third kappa shape index (κ3) is 42.1. The third-order valence-electron chi connectivity index (χ3n) is 7.41. The summed E-state index contributed by atoms with van der Waals surface area (Å²) in [5, 5.41) is 8.51. The molecular weight excluding hydrogens is 464 g/mol. The van der Waals surface area contributed by atoms with Crippen molar-refractivity contribution in [3.63, 3.8) is 0 Å². The van der Waals surface area contributed by atoms with E-state index in [-0.39, 0.29) is 0 Å². The van der Waals surface area contributed by atoms with Crippen LogP contribution in [0.4, 0.5) is 0 Å². The van der Waals surface area contributed by atoms with Crippen molar-refractivity contribution in [1.82, 2.24) is 0 Å². The molecule has 0 aliphatic rings. The number of aliphatic carboxylic acids is 1. The fourth-order valence-corrected chi connectivity index (χ4v) is 4.83. The topological polar surface area (TPSA) is 37.3 Å². The molecule has 0 atom stereocenters. The first-order valence-corrected chi connectivity index (χ1v) is 17.2. The van der Waals surface area contributed by atoms with Crippen LogP contribution >= 0.6 is 0 Å². The van der Waals surface area contributed by atoms with E-state index in [0.29, 0.717) is 6.42 Å². The van der Waals surface area contributed by atoms with Crippen LogP contribution in [0.1, 0.15) is 200 Å². The van der Waals surface area contributed by atoms with E-state index in [9.17, 15) is 4.79 Å². The van der Waals surface area contributed by atoms with Gasteiger partial charge in [0.2, 0.25) is 0 Å². The van der Waals surface area contributed by atoms with E-state index < -0.39 is 5.97 Å². The van der Waals surface area contributed by atoms with Gasteiger partial charge in [-0.05, 0) is 44.9 Å². The van der Waals surface area contributed by atoms with E-state index in [1.54, 1.807) is 0 Å². The molecule has 0 bridgehead atoms. The van der Waals surface area contributed by atoms with Crippen LogP contribution in [-0.2, 0) is 4.79 Å². The summed E-state index contributed by atoms with van der Waals surface area (Å²) in [5.41, 5.74) is 0. The molecular formula is C36H70O2. The zero-order chi connectivity index (χ0) is 28.2. The molecule has 0 saturated carbocycles. The van der Waals surface area contributed by atoms with Crippen LogP contribution in [0.3, 0.4) is 0 Å². The molecule has 226 valence electrons. The van der Waals surface area contributed by atoms with Crippen LogP contribution in [0.15, 0.2) is 24.8 Å². The molecule has 0 spiro atoms. The van der Waals surface area contributed by atoms with Gasteiger partial charge >= 0.3 is 5.97 Å². The van der Waals surface area contributed by atoms with E-state index in [1.807, 2.05) is 6.08 Å². The molecule has 2 nitrogen and oxygen atoms in total. The van der Waals surface area contributed by atoms with E-state index in [2.05, 4.69) is 32.6 Å². The average Bonchev–Trinajstić information content (AvgIpc) is 2.91. The first-order valence-electron chi connectivity index (χ1n) is 17.2. The van der Waals surface area contributed by atoms with E-state index in [0.717, 1.165) is 12.8 Å². The van der Waals surface area contributed by atoms with Crippen molar-refractivity contribution in [2.75, 3.05) is 0 Å². The molecule has 0 aliphatic heterocycles. The Bertz CT molecular complexity index is 468. The normalized spacial score (nSPS) is 11.0. The van der Waals surface area contributed by atoms with Crippen LogP contribution in [0.5, 0.6) is 0 Å². The van der Waals surface area contributed by atoms with Crippen molar-refractivity contribution in [2.24, 2.45) is 0 Å². The van der Waals surface area contributed by atoms with Gasteiger partial charge in [-0.15, -0.1) is 6.58 Å². The second-order valence-electron chi connectivity index (χ2n) is 11.4. The summed E-state index contributed by atoms with van der Waals surface area (Å²) in [6, 6.07) is 0. The minimum atomic E-state index is -0.664. The maximum absolute atomic E-state index is 10.3. The smallest absolute Gasteiger partial charge is 0.303 e. The summed E-state index contributed by atoms with van der Waals surface area (Å²) in [6.45, 7) is 8.31. The molecule has 0 rings (SSSR count). The van der Waals surface area contributed by atoms with Crippen LogP contribution < -0.4 is 0 Å². The van der Waals surface area contributed by atoms with E-state index in [1.165, 1.54) is 167 Å². The van der Waals surface area contributed by atoms with Crippen molar-refractivity contribution < 1.29 is 9.90 Å². The molecule has 2 heteroatoms. The Morgan fingerprint density at radius 3 is 1.08 bits per heavy atom. The molecule has 0 aromatic rings. The van der Waals surface area contributed by atoms with Crippen molar-refractivity contribution in [1.29, 1.82) is 0 Å². The Morgan fingerprint density at radius 1 is 0.474 bits per heavy atom. The summed E-state index contributed by atoms with van der Waals surface area (Å²) in [5.74, 6) is -0.664. The molecule has 38 heavy (non-hydrogen) atoms. The van der Waals surface area contributed by atoms with Gasteiger partial charge in [-0.1, -0.05) is 167 Å². The van der Waals surface area contributed by atoms with Crippen molar-refractivity contribution in [2.45, 2.75) is 200 Å². The van der Waals surface area contributed by atoms with Crippen molar-refractivity contribution in [3.05, 3.63) is 24.8 Å². The number of allylic oxidation sites excluding steroid dienone is 3. The number of carboxylic acids is 1. The number of unbranched alkanes of at least 4 members (excludes halogenated alkanes) is 25. The highest BCUT2D eigenvalue weighted by molar-refractivity contribution is 5.66. The molecule has 0 heterocycles. The molecule has 0 aromatic heterocycles. The fraction of sp³-hybridized carbons (Fsp3) is 0.861. The SMILES string of the molecule is C=CCCCCCCCCCCCCCCCC.CCCCCCCC/C=C\CCCCCCCC(=O)O. The van der Waals surface area contributed by atoms with Gasteiger partial charge in [0.15, 0.2) is 0 Å². The second kappa shape index (κ2) is 38.1. The fourth-order valence-electron chi connectivity index (χ4n) is 4.83. The zero-order valence-corrected chi connectivity index (χ0v) is 26.3. The Kier molecular flexibility index (Phi) is 39.2. The summed E-state index contributed by atoms with van der Waals surface area (Å²) in [7, 11) is 0.